The SMILES string of the molecule is O=C(O)C(CCC1CCCC(CCC(C(=O)O)C(=O)O)C1)C(=O)O. The Morgan fingerprint density at radius 3 is 1.33 bits per heavy atom. The van der Waals surface area contributed by atoms with Gasteiger partial charge >= 0.3 is 23.9 Å². The molecule has 1 aliphatic carbocycles. The molecular formula is C16H24O8. The highest BCUT2D eigenvalue weighted by molar-refractivity contribution is 5.93. The number of hydrogen-bond donors (Lipinski definition) is 4. The van der Waals surface area contributed by atoms with E-state index in [1.807, 2.05) is 0 Å². The summed E-state index contributed by atoms with van der Waals surface area (Å²) in [7, 11) is 0. The predicted molar refractivity (Wildman–Crippen MR) is 81.4 cm³/mol. The molecule has 0 bridgehead atoms. The molecule has 0 saturated heterocycles. The van der Waals surface area contributed by atoms with Crippen LogP contribution < -0.4 is 0 Å². The van der Waals surface area contributed by atoms with Crippen LogP contribution in [0.3, 0.4) is 0 Å². The molecule has 0 radical (unpaired) electrons. The van der Waals surface area contributed by atoms with Crippen LogP contribution in [0.2, 0.25) is 0 Å². The van der Waals surface area contributed by atoms with Crippen LogP contribution >= 0.6 is 0 Å². The van der Waals surface area contributed by atoms with Crippen molar-refractivity contribution in [1.82, 2.24) is 0 Å². The second-order valence-corrected chi connectivity index (χ2v) is 6.51. The van der Waals surface area contributed by atoms with Crippen LogP contribution in [0.1, 0.15) is 51.4 Å². The number of carbonyl (C=O) groups is 4. The lowest BCUT2D eigenvalue weighted by atomic mass is 9.76. The third kappa shape index (κ3) is 6.17. The lowest BCUT2D eigenvalue weighted by Crippen LogP contribution is -2.26. The quantitative estimate of drug-likeness (QED) is 0.439. The Balaban J connectivity index is 2.46. The third-order valence-electron chi connectivity index (χ3n) is 4.81. The molecular weight excluding hydrogens is 320 g/mol. The van der Waals surface area contributed by atoms with Crippen molar-refractivity contribution in [2.75, 3.05) is 0 Å². The average Bonchev–Trinajstić information content (AvgIpc) is 2.46. The van der Waals surface area contributed by atoms with Crippen LogP contribution in [0.15, 0.2) is 0 Å². The lowest BCUT2D eigenvalue weighted by molar-refractivity contribution is -0.156. The molecule has 0 aliphatic heterocycles. The summed E-state index contributed by atoms with van der Waals surface area (Å²) in [6.45, 7) is 0. The lowest BCUT2D eigenvalue weighted by Gasteiger charge is -2.30. The van der Waals surface area contributed by atoms with Gasteiger partial charge < -0.3 is 20.4 Å². The van der Waals surface area contributed by atoms with Crippen LogP contribution in [0, 0.1) is 23.7 Å². The molecule has 1 saturated carbocycles. The Labute approximate surface area is 139 Å². The van der Waals surface area contributed by atoms with Gasteiger partial charge in [-0.1, -0.05) is 19.3 Å². The molecule has 1 aliphatic rings. The predicted octanol–water partition coefficient (Wildman–Crippen LogP) is 1.92. The first-order chi connectivity index (χ1) is 11.2. The Morgan fingerprint density at radius 2 is 1.04 bits per heavy atom. The molecule has 0 heterocycles. The van der Waals surface area contributed by atoms with E-state index in [-0.39, 0.29) is 24.7 Å². The summed E-state index contributed by atoms with van der Waals surface area (Å²) in [5.74, 6) is -7.71. The second-order valence-electron chi connectivity index (χ2n) is 6.51. The van der Waals surface area contributed by atoms with Crippen LogP contribution in [0.25, 0.3) is 0 Å². The number of hydrogen-bond acceptors (Lipinski definition) is 4. The molecule has 0 amide bonds. The van der Waals surface area contributed by atoms with Gasteiger partial charge in [-0.3, -0.25) is 19.2 Å². The van der Waals surface area contributed by atoms with E-state index in [0.29, 0.717) is 12.8 Å². The van der Waals surface area contributed by atoms with Crippen molar-refractivity contribution in [2.24, 2.45) is 23.7 Å². The number of carboxylic acids is 4. The van der Waals surface area contributed by atoms with Crippen LogP contribution in [-0.4, -0.2) is 44.3 Å². The smallest absolute Gasteiger partial charge is 0.317 e. The van der Waals surface area contributed by atoms with Crippen molar-refractivity contribution in [1.29, 1.82) is 0 Å². The van der Waals surface area contributed by atoms with E-state index in [0.717, 1.165) is 25.7 Å². The summed E-state index contributed by atoms with van der Waals surface area (Å²) < 4.78 is 0. The summed E-state index contributed by atoms with van der Waals surface area (Å²) in [6.07, 6.45) is 4.61. The highest BCUT2D eigenvalue weighted by Gasteiger charge is 2.30. The maximum Gasteiger partial charge on any atom is 0.317 e. The van der Waals surface area contributed by atoms with Crippen molar-refractivity contribution in [3.63, 3.8) is 0 Å². The summed E-state index contributed by atoms with van der Waals surface area (Å²) >= 11 is 0. The minimum atomic E-state index is -1.39. The Hall–Kier alpha value is -2.12. The van der Waals surface area contributed by atoms with Crippen LogP contribution in [-0.2, 0) is 19.2 Å². The second kappa shape index (κ2) is 9.24. The molecule has 8 nitrogen and oxygen atoms in total. The number of carboxylic acid groups (broad SMARTS) is 4. The average molecular weight is 344 g/mol. The fourth-order valence-electron chi connectivity index (χ4n) is 3.44. The van der Waals surface area contributed by atoms with Gasteiger partial charge in [0, 0.05) is 0 Å². The van der Waals surface area contributed by atoms with Crippen molar-refractivity contribution in [3.8, 4) is 0 Å². The molecule has 1 rings (SSSR count). The zero-order valence-electron chi connectivity index (χ0n) is 13.4. The normalized spacial score (nSPS) is 20.9. The molecule has 2 atom stereocenters. The van der Waals surface area contributed by atoms with E-state index in [4.69, 9.17) is 20.4 Å². The maximum atomic E-state index is 10.9. The van der Waals surface area contributed by atoms with Gasteiger partial charge in [0.25, 0.3) is 0 Å². The van der Waals surface area contributed by atoms with E-state index < -0.39 is 35.7 Å². The van der Waals surface area contributed by atoms with Crippen LogP contribution in [0.5, 0.6) is 0 Å². The molecule has 8 heteroatoms. The molecule has 1 fully saturated rings. The first-order valence-electron chi connectivity index (χ1n) is 8.13. The summed E-state index contributed by atoms with van der Waals surface area (Å²) in [6, 6.07) is 0. The topological polar surface area (TPSA) is 149 Å². The summed E-state index contributed by atoms with van der Waals surface area (Å²) in [4.78, 5) is 43.6. The van der Waals surface area contributed by atoms with E-state index in [1.165, 1.54) is 0 Å². The van der Waals surface area contributed by atoms with E-state index in [2.05, 4.69) is 0 Å². The van der Waals surface area contributed by atoms with Gasteiger partial charge in [0.05, 0.1) is 0 Å². The van der Waals surface area contributed by atoms with Gasteiger partial charge in [-0.25, -0.2) is 0 Å². The highest BCUT2D eigenvalue weighted by atomic mass is 16.4. The van der Waals surface area contributed by atoms with Gasteiger partial charge in [0.1, 0.15) is 0 Å². The first-order valence-corrected chi connectivity index (χ1v) is 8.13. The monoisotopic (exact) mass is 344 g/mol. The Bertz CT molecular complexity index is 416. The molecule has 2 unspecified atom stereocenters. The number of rotatable bonds is 10. The third-order valence-corrected chi connectivity index (χ3v) is 4.81. The summed E-state index contributed by atoms with van der Waals surface area (Å²) in [5, 5.41) is 35.5. The van der Waals surface area contributed by atoms with Gasteiger partial charge in [0.15, 0.2) is 11.8 Å². The summed E-state index contributed by atoms with van der Waals surface area (Å²) in [5.41, 5.74) is 0. The fraction of sp³-hybridized carbons (Fsp3) is 0.750. The van der Waals surface area contributed by atoms with E-state index >= 15 is 0 Å². The van der Waals surface area contributed by atoms with Gasteiger partial charge in [-0.05, 0) is 43.9 Å². The molecule has 0 spiro atoms. The molecule has 0 aromatic heterocycles. The van der Waals surface area contributed by atoms with Gasteiger partial charge in [0.2, 0.25) is 0 Å². The number of aliphatic carboxylic acids is 4. The molecule has 136 valence electrons. The molecule has 0 aromatic carbocycles. The fourth-order valence-corrected chi connectivity index (χ4v) is 3.44. The van der Waals surface area contributed by atoms with Crippen molar-refractivity contribution >= 4 is 23.9 Å². The molecule has 24 heavy (non-hydrogen) atoms. The first kappa shape index (κ1) is 19.9. The van der Waals surface area contributed by atoms with E-state index in [9.17, 15) is 19.2 Å². The maximum absolute atomic E-state index is 10.9. The van der Waals surface area contributed by atoms with Crippen LogP contribution in [0.4, 0.5) is 0 Å². The molecule has 0 aromatic rings. The van der Waals surface area contributed by atoms with Crippen molar-refractivity contribution < 1.29 is 39.6 Å². The Morgan fingerprint density at radius 1 is 0.708 bits per heavy atom. The highest BCUT2D eigenvalue weighted by Crippen LogP contribution is 2.35. The zero-order chi connectivity index (χ0) is 18.3. The van der Waals surface area contributed by atoms with Crippen molar-refractivity contribution in [2.45, 2.75) is 51.4 Å². The minimum absolute atomic E-state index is 0.0783. The van der Waals surface area contributed by atoms with Gasteiger partial charge in [-0.2, -0.15) is 0 Å². The van der Waals surface area contributed by atoms with Crippen molar-refractivity contribution in [3.05, 3.63) is 0 Å². The zero-order valence-corrected chi connectivity index (χ0v) is 13.4. The minimum Gasteiger partial charge on any atom is -0.481 e. The standard InChI is InChI=1S/C16H24O8/c17-13(18)11(14(19)20)6-4-9-2-1-3-10(8-9)5-7-12(15(21)22)16(23)24/h9-12H,1-8H2,(H,17,18)(H,19,20)(H,21,22)(H,23,24). The Kier molecular flexibility index (Phi) is 7.67. The van der Waals surface area contributed by atoms with Gasteiger partial charge in [-0.15, -0.1) is 0 Å². The largest absolute Gasteiger partial charge is 0.481 e. The van der Waals surface area contributed by atoms with E-state index in [1.54, 1.807) is 0 Å². The molecule has 4 N–H and O–H groups in total.